The second kappa shape index (κ2) is 5.83. The molecule has 1 saturated carbocycles. The van der Waals surface area contributed by atoms with E-state index in [1.54, 1.807) is 0 Å². The maximum atomic E-state index is 5.43. The highest BCUT2D eigenvalue weighted by atomic mass is 16.5. The normalized spacial score (nSPS) is 29.8. The molecule has 0 aromatic carbocycles. The summed E-state index contributed by atoms with van der Waals surface area (Å²) in [5.41, 5.74) is 0. The second-order valence-electron chi connectivity index (χ2n) is 4.90. The summed E-state index contributed by atoms with van der Waals surface area (Å²) in [6.07, 6.45) is 5.62. The minimum atomic E-state index is 0.601. The molecule has 0 aromatic heterocycles. The molecule has 3 nitrogen and oxygen atoms in total. The van der Waals surface area contributed by atoms with Crippen molar-refractivity contribution in [3.8, 4) is 0 Å². The van der Waals surface area contributed by atoms with Crippen LogP contribution in [-0.2, 0) is 4.74 Å². The zero-order valence-electron chi connectivity index (χ0n) is 9.87. The van der Waals surface area contributed by atoms with E-state index in [0.717, 1.165) is 32.3 Å². The molecule has 0 spiro atoms. The van der Waals surface area contributed by atoms with Crippen LogP contribution >= 0.6 is 0 Å². The van der Waals surface area contributed by atoms with Gasteiger partial charge in [0.05, 0.1) is 13.2 Å². The van der Waals surface area contributed by atoms with Gasteiger partial charge in [-0.1, -0.05) is 12.8 Å². The molecule has 1 unspecified atom stereocenters. The molecule has 0 radical (unpaired) electrons. The van der Waals surface area contributed by atoms with Crippen molar-refractivity contribution in [3.63, 3.8) is 0 Å². The zero-order chi connectivity index (χ0) is 10.5. The van der Waals surface area contributed by atoms with Crippen LogP contribution in [0.15, 0.2) is 0 Å². The summed E-state index contributed by atoms with van der Waals surface area (Å²) in [5.74, 6) is 0. The first-order valence-electron chi connectivity index (χ1n) is 6.41. The van der Waals surface area contributed by atoms with Gasteiger partial charge in [-0.2, -0.15) is 0 Å². The largest absolute Gasteiger partial charge is 0.379 e. The predicted octanol–water partition coefficient (Wildman–Crippen LogP) is 1.24. The smallest absolute Gasteiger partial charge is 0.0619 e. The van der Waals surface area contributed by atoms with Gasteiger partial charge in [0, 0.05) is 31.7 Å². The van der Waals surface area contributed by atoms with Gasteiger partial charge in [0.15, 0.2) is 0 Å². The van der Waals surface area contributed by atoms with Crippen LogP contribution in [-0.4, -0.2) is 49.8 Å². The van der Waals surface area contributed by atoms with E-state index in [-0.39, 0.29) is 0 Å². The van der Waals surface area contributed by atoms with Gasteiger partial charge in [-0.25, -0.2) is 0 Å². The number of nitrogens with zero attached hydrogens (tertiary/aromatic N) is 1. The van der Waals surface area contributed by atoms with Gasteiger partial charge in [0.25, 0.3) is 0 Å². The van der Waals surface area contributed by atoms with Crippen LogP contribution in [0.5, 0.6) is 0 Å². The van der Waals surface area contributed by atoms with Crippen molar-refractivity contribution >= 4 is 0 Å². The summed E-state index contributed by atoms with van der Waals surface area (Å²) in [6, 6.07) is 1.41. The third-order valence-electron chi connectivity index (χ3n) is 3.69. The monoisotopic (exact) mass is 212 g/mol. The Morgan fingerprint density at radius 3 is 2.87 bits per heavy atom. The number of morpholine rings is 1. The molecule has 2 fully saturated rings. The molecule has 0 bridgehead atoms. The molecule has 1 aliphatic heterocycles. The van der Waals surface area contributed by atoms with Crippen molar-refractivity contribution in [2.45, 2.75) is 44.7 Å². The van der Waals surface area contributed by atoms with Crippen LogP contribution in [0.3, 0.4) is 0 Å². The molecule has 3 heteroatoms. The van der Waals surface area contributed by atoms with Crippen LogP contribution in [0, 0.1) is 0 Å². The van der Waals surface area contributed by atoms with Crippen molar-refractivity contribution in [2.24, 2.45) is 0 Å². The molecular formula is C12H24N2O. The lowest BCUT2D eigenvalue weighted by atomic mass is 10.2. The molecule has 88 valence electrons. The molecule has 1 heterocycles. The van der Waals surface area contributed by atoms with E-state index >= 15 is 0 Å². The summed E-state index contributed by atoms with van der Waals surface area (Å²) < 4.78 is 5.43. The third-order valence-corrected chi connectivity index (χ3v) is 3.69. The van der Waals surface area contributed by atoms with Gasteiger partial charge in [0.2, 0.25) is 0 Å². The minimum absolute atomic E-state index is 0.601. The molecule has 1 saturated heterocycles. The Kier molecular flexibility index (Phi) is 4.42. The van der Waals surface area contributed by atoms with Gasteiger partial charge in [-0.05, 0) is 19.8 Å². The van der Waals surface area contributed by atoms with Gasteiger partial charge >= 0.3 is 0 Å². The van der Waals surface area contributed by atoms with E-state index in [1.807, 2.05) is 0 Å². The van der Waals surface area contributed by atoms with Crippen LogP contribution in [0.1, 0.15) is 32.6 Å². The fourth-order valence-electron chi connectivity index (χ4n) is 2.64. The first-order valence-corrected chi connectivity index (χ1v) is 6.41. The summed E-state index contributed by atoms with van der Waals surface area (Å²) in [5, 5.41) is 3.67. The summed E-state index contributed by atoms with van der Waals surface area (Å²) in [4.78, 5) is 2.53. The maximum absolute atomic E-state index is 5.43. The Balaban J connectivity index is 1.59. The van der Waals surface area contributed by atoms with E-state index in [2.05, 4.69) is 17.1 Å². The standard InChI is InChI=1S/C12H24N2O/c1-11-10-15-9-8-14(11)7-6-13-12-4-2-3-5-12/h11-13H,2-10H2,1H3. The van der Waals surface area contributed by atoms with Crippen LogP contribution in [0.4, 0.5) is 0 Å². The Hall–Kier alpha value is -0.120. The number of hydrogen-bond donors (Lipinski definition) is 1. The minimum Gasteiger partial charge on any atom is -0.379 e. The summed E-state index contributed by atoms with van der Waals surface area (Å²) in [7, 11) is 0. The van der Waals surface area contributed by atoms with Crippen molar-refractivity contribution in [2.75, 3.05) is 32.8 Å². The van der Waals surface area contributed by atoms with E-state index in [1.165, 1.54) is 32.2 Å². The van der Waals surface area contributed by atoms with Crippen molar-refractivity contribution < 1.29 is 4.74 Å². The van der Waals surface area contributed by atoms with Gasteiger partial charge in [-0.3, -0.25) is 4.90 Å². The summed E-state index contributed by atoms with van der Waals surface area (Å²) >= 11 is 0. The topological polar surface area (TPSA) is 24.5 Å². The van der Waals surface area contributed by atoms with Crippen molar-refractivity contribution in [3.05, 3.63) is 0 Å². The highest BCUT2D eigenvalue weighted by molar-refractivity contribution is 4.76. The number of ether oxygens (including phenoxy) is 1. The molecule has 1 atom stereocenters. The predicted molar refractivity (Wildman–Crippen MR) is 62.1 cm³/mol. The van der Waals surface area contributed by atoms with E-state index < -0.39 is 0 Å². The fourth-order valence-corrected chi connectivity index (χ4v) is 2.64. The highest BCUT2D eigenvalue weighted by Crippen LogP contribution is 2.17. The number of nitrogens with one attached hydrogen (secondary N) is 1. The zero-order valence-corrected chi connectivity index (χ0v) is 9.87. The Bertz CT molecular complexity index is 180. The average Bonchev–Trinajstić information content (AvgIpc) is 2.74. The quantitative estimate of drug-likeness (QED) is 0.759. The lowest BCUT2D eigenvalue weighted by Gasteiger charge is -2.33. The Morgan fingerprint density at radius 2 is 2.13 bits per heavy atom. The first-order chi connectivity index (χ1) is 7.36. The molecule has 0 aromatic rings. The number of rotatable bonds is 4. The van der Waals surface area contributed by atoms with Gasteiger partial charge < -0.3 is 10.1 Å². The highest BCUT2D eigenvalue weighted by Gasteiger charge is 2.19. The molecule has 0 amide bonds. The van der Waals surface area contributed by atoms with E-state index in [4.69, 9.17) is 4.74 Å². The van der Waals surface area contributed by atoms with Crippen LogP contribution in [0.25, 0.3) is 0 Å². The van der Waals surface area contributed by atoms with Gasteiger partial charge in [-0.15, -0.1) is 0 Å². The van der Waals surface area contributed by atoms with Crippen molar-refractivity contribution in [1.82, 2.24) is 10.2 Å². The Labute approximate surface area is 93.2 Å². The van der Waals surface area contributed by atoms with Crippen molar-refractivity contribution in [1.29, 1.82) is 0 Å². The average molecular weight is 212 g/mol. The molecule has 2 aliphatic rings. The number of hydrogen-bond acceptors (Lipinski definition) is 3. The first kappa shape index (κ1) is 11.4. The molecule has 2 rings (SSSR count). The Morgan fingerprint density at radius 1 is 1.33 bits per heavy atom. The van der Waals surface area contributed by atoms with Gasteiger partial charge in [0.1, 0.15) is 0 Å². The maximum Gasteiger partial charge on any atom is 0.0619 e. The SMILES string of the molecule is CC1COCCN1CCNC1CCCC1. The summed E-state index contributed by atoms with van der Waals surface area (Å²) in [6.45, 7) is 7.51. The second-order valence-corrected chi connectivity index (χ2v) is 4.90. The molecular weight excluding hydrogens is 188 g/mol. The van der Waals surface area contributed by atoms with E-state index in [0.29, 0.717) is 6.04 Å². The van der Waals surface area contributed by atoms with Crippen LogP contribution in [0.2, 0.25) is 0 Å². The van der Waals surface area contributed by atoms with Crippen LogP contribution < -0.4 is 5.32 Å². The lowest BCUT2D eigenvalue weighted by Crippen LogP contribution is -2.47. The van der Waals surface area contributed by atoms with E-state index in [9.17, 15) is 0 Å². The molecule has 1 aliphatic carbocycles. The lowest BCUT2D eigenvalue weighted by molar-refractivity contribution is 0.000184. The third kappa shape index (κ3) is 3.44. The molecule has 1 N–H and O–H groups in total. The molecule has 15 heavy (non-hydrogen) atoms. The fraction of sp³-hybridized carbons (Fsp3) is 1.00.